The zero-order chi connectivity index (χ0) is 13.4. The minimum absolute atomic E-state index is 0.743. The van der Waals surface area contributed by atoms with E-state index in [0.29, 0.717) is 0 Å². The van der Waals surface area contributed by atoms with Crippen LogP contribution in [0, 0.1) is 6.92 Å². The van der Waals surface area contributed by atoms with Gasteiger partial charge in [-0.15, -0.1) is 0 Å². The van der Waals surface area contributed by atoms with Crippen LogP contribution < -0.4 is 5.32 Å². The van der Waals surface area contributed by atoms with E-state index in [4.69, 9.17) is 16.3 Å². The first-order valence-corrected chi connectivity index (χ1v) is 6.65. The van der Waals surface area contributed by atoms with Gasteiger partial charge in [-0.3, -0.25) is 0 Å². The first kappa shape index (κ1) is 15.4. The third-order valence-electron chi connectivity index (χ3n) is 2.67. The lowest BCUT2D eigenvalue weighted by molar-refractivity contribution is 0.119. The molecule has 0 unspecified atom stereocenters. The van der Waals surface area contributed by atoms with Crippen molar-refractivity contribution in [2.45, 2.75) is 13.5 Å². The van der Waals surface area contributed by atoms with E-state index in [-0.39, 0.29) is 0 Å². The van der Waals surface area contributed by atoms with Crippen molar-refractivity contribution in [2.24, 2.45) is 0 Å². The number of halogens is 1. The molecule has 0 amide bonds. The zero-order valence-corrected chi connectivity index (χ0v) is 12.3. The second-order valence-corrected chi connectivity index (χ2v) is 5.08. The summed E-state index contributed by atoms with van der Waals surface area (Å²) in [5, 5.41) is 4.17. The Morgan fingerprint density at radius 3 is 2.72 bits per heavy atom. The van der Waals surface area contributed by atoms with E-state index in [9.17, 15) is 0 Å². The fourth-order valence-corrected chi connectivity index (χ4v) is 1.68. The molecule has 0 bridgehead atoms. The fourth-order valence-electron chi connectivity index (χ4n) is 1.47. The predicted molar refractivity (Wildman–Crippen MR) is 77.3 cm³/mol. The molecule has 4 heteroatoms. The van der Waals surface area contributed by atoms with Gasteiger partial charge in [-0.2, -0.15) is 0 Å². The van der Waals surface area contributed by atoms with E-state index in [1.165, 1.54) is 5.56 Å². The zero-order valence-electron chi connectivity index (χ0n) is 11.5. The Hall–Kier alpha value is -0.610. The van der Waals surface area contributed by atoms with Crippen LogP contribution in [0.4, 0.5) is 0 Å². The lowest BCUT2D eigenvalue weighted by Gasteiger charge is -2.10. The van der Waals surface area contributed by atoms with Gasteiger partial charge in [-0.25, -0.2) is 0 Å². The van der Waals surface area contributed by atoms with E-state index in [1.807, 2.05) is 33.2 Å². The van der Waals surface area contributed by atoms with Gasteiger partial charge in [0.15, 0.2) is 0 Å². The number of nitrogens with one attached hydrogen (secondary N) is 1. The number of aryl methyl sites for hydroxylation is 1. The van der Waals surface area contributed by atoms with Gasteiger partial charge >= 0.3 is 0 Å². The molecule has 1 N–H and O–H groups in total. The normalized spacial score (nSPS) is 11.2. The fraction of sp³-hybridized carbons (Fsp3) is 0.571. The SMILES string of the molecule is Cc1ccc(CNCCOCCN(C)C)cc1Cl. The van der Waals surface area contributed by atoms with Gasteiger partial charge in [0.2, 0.25) is 0 Å². The van der Waals surface area contributed by atoms with Crippen molar-refractivity contribution in [3.8, 4) is 0 Å². The molecule has 0 spiro atoms. The average Bonchev–Trinajstić information content (AvgIpc) is 2.32. The van der Waals surface area contributed by atoms with Crippen molar-refractivity contribution in [1.82, 2.24) is 10.2 Å². The number of nitrogens with zero attached hydrogens (tertiary/aromatic N) is 1. The van der Waals surface area contributed by atoms with E-state index in [1.54, 1.807) is 0 Å². The molecule has 1 aromatic carbocycles. The molecule has 0 aromatic heterocycles. The lowest BCUT2D eigenvalue weighted by Crippen LogP contribution is -2.23. The Morgan fingerprint density at radius 1 is 1.28 bits per heavy atom. The van der Waals surface area contributed by atoms with Crippen LogP contribution in [0.15, 0.2) is 18.2 Å². The number of benzene rings is 1. The monoisotopic (exact) mass is 270 g/mol. The third kappa shape index (κ3) is 6.36. The minimum atomic E-state index is 0.743. The van der Waals surface area contributed by atoms with Gasteiger partial charge in [-0.05, 0) is 38.2 Å². The molecule has 0 heterocycles. The van der Waals surface area contributed by atoms with Crippen molar-refractivity contribution < 1.29 is 4.74 Å². The highest BCUT2D eigenvalue weighted by Crippen LogP contribution is 2.16. The number of ether oxygens (including phenoxy) is 1. The number of hydrogen-bond acceptors (Lipinski definition) is 3. The molecule has 0 aliphatic heterocycles. The molecule has 1 rings (SSSR count). The van der Waals surface area contributed by atoms with Crippen molar-refractivity contribution in [1.29, 1.82) is 0 Å². The third-order valence-corrected chi connectivity index (χ3v) is 3.08. The summed E-state index contributed by atoms with van der Waals surface area (Å²) in [5.74, 6) is 0. The Labute approximate surface area is 115 Å². The van der Waals surface area contributed by atoms with Crippen LogP contribution in [0.2, 0.25) is 5.02 Å². The van der Waals surface area contributed by atoms with Crippen LogP contribution in [0.25, 0.3) is 0 Å². The molecule has 1 aromatic rings. The molecule has 3 nitrogen and oxygen atoms in total. The van der Waals surface area contributed by atoms with Gasteiger partial charge in [0, 0.05) is 24.7 Å². The summed E-state index contributed by atoms with van der Waals surface area (Å²) in [6.07, 6.45) is 0. The Morgan fingerprint density at radius 2 is 2.06 bits per heavy atom. The summed E-state index contributed by atoms with van der Waals surface area (Å²) in [4.78, 5) is 2.11. The first-order valence-electron chi connectivity index (χ1n) is 6.28. The number of rotatable bonds is 8. The summed E-state index contributed by atoms with van der Waals surface area (Å²) >= 11 is 6.07. The van der Waals surface area contributed by atoms with Crippen LogP contribution >= 0.6 is 11.6 Å². The Balaban J connectivity index is 2.09. The number of likely N-dealkylation sites (N-methyl/N-ethyl adjacent to an activating group) is 1. The van der Waals surface area contributed by atoms with Gasteiger partial charge < -0.3 is 15.0 Å². The topological polar surface area (TPSA) is 24.5 Å². The van der Waals surface area contributed by atoms with Gasteiger partial charge in [0.25, 0.3) is 0 Å². The van der Waals surface area contributed by atoms with Gasteiger partial charge in [0.05, 0.1) is 13.2 Å². The molecular weight excluding hydrogens is 248 g/mol. The Bertz CT molecular complexity index is 356. The summed E-state index contributed by atoms with van der Waals surface area (Å²) in [6, 6.07) is 6.16. The number of hydrogen-bond donors (Lipinski definition) is 1. The second kappa shape index (κ2) is 8.48. The molecule has 0 radical (unpaired) electrons. The summed E-state index contributed by atoms with van der Waals surface area (Å²) in [6.45, 7) is 6.19. The van der Waals surface area contributed by atoms with E-state index < -0.39 is 0 Å². The van der Waals surface area contributed by atoms with Crippen molar-refractivity contribution in [2.75, 3.05) is 40.4 Å². The summed E-state index contributed by atoms with van der Waals surface area (Å²) in [7, 11) is 4.09. The molecule has 0 saturated heterocycles. The highest BCUT2D eigenvalue weighted by Gasteiger charge is 1.97. The summed E-state index contributed by atoms with van der Waals surface area (Å²) in [5.41, 5.74) is 2.33. The maximum atomic E-state index is 6.07. The van der Waals surface area contributed by atoms with E-state index >= 15 is 0 Å². The van der Waals surface area contributed by atoms with Crippen LogP contribution in [0.5, 0.6) is 0 Å². The molecule has 0 fully saturated rings. The highest BCUT2D eigenvalue weighted by atomic mass is 35.5. The molecule has 0 saturated carbocycles. The molecule has 18 heavy (non-hydrogen) atoms. The standard InChI is InChI=1S/C14H23ClN2O/c1-12-4-5-13(10-14(12)15)11-16-6-8-18-9-7-17(2)3/h4-5,10,16H,6-9,11H2,1-3H3. The minimum Gasteiger partial charge on any atom is -0.379 e. The predicted octanol–water partition coefficient (Wildman–Crippen LogP) is 2.32. The van der Waals surface area contributed by atoms with Crippen LogP contribution in [0.1, 0.15) is 11.1 Å². The molecule has 0 aliphatic rings. The van der Waals surface area contributed by atoms with Crippen LogP contribution in [-0.4, -0.2) is 45.3 Å². The largest absolute Gasteiger partial charge is 0.379 e. The van der Waals surface area contributed by atoms with Crippen LogP contribution in [-0.2, 0) is 11.3 Å². The molecule has 102 valence electrons. The molecule has 0 aliphatic carbocycles. The van der Waals surface area contributed by atoms with E-state index in [2.05, 4.69) is 16.3 Å². The van der Waals surface area contributed by atoms with Crippen LogP contribution in [0.3, 0.4) is 0 Å². The molecular formula is C14H23ClN2O. The van der Waals surface area contributed by atoms with Gasteiger partial charge in [0.1, 0.15) is 0 Å². The van der Waals surface area contributed by atoms with Crippen molar-refractivity contribution >= 4 is 11.6 Å². The quantitative estimate of drug-likeness (QED) is 0.734. The first-order chi connectivity index (χ1) is 8.59. The average molecular weight is 271 g/mol. The maximum absolute atomic E-state index is 6.07. The second-order valence-electron chi connectivity index (χ2n) is 4.68. The van der Waals surface area contributed by atoms with Crippen molar-refractivity contribution in [3.05, 3.63) is 34.3 Å². The Kier molecular flexibility index (Phi) is 7.28. The highest BCUT2D eigenvalue weighted by molar-refractivity contribution is 6.31. The van der Waals surface area contributed by atoms with Gasteiger partial charge in [-0.1, -0.05) is 23.7 Å². The smallest absolute Gasteiger partial charge is 0.0593 e. The lowest BCUT2D eigenvalue weighted by atomic mass is 10.1. The van der Waals surface area contributed by atoms with E-state index in [0.717, 1.165) is 43.4 Å². The van der Waals surface area contributed by atoms with Crippen molar-refractivity contribution in [3.63, 3.8) is 0 Å². The summed E-state index contributed by atoms with van der Waals surface area (Å²) < 4.78 is 5.50. The molecule has 0 atom stereocenters. The maximum Gasteiger partial charge on any atom is 0.0593 e.